The van der Waals surface area contributed by atoms with Crippen molar-refractivity contribution in [1.29, 1.82) is 5.26 Å². The number of carbonyl (C=O) groups is 2. The van der Waals surface area contributed by atoms with E-state index in [4.69, 9.17) is 5.26 Å². The summed E-state index contributed by atoms with van der Waals surface area (Å²) in [4.78, 5) is 23.2. The van der Waals surface area contributed by atoms with Crippen molar-refractivity contribution in [2.75, 3.05) is 13.6 Å². The van der Waals surface area contributed by atoms with E-state index in [1.807, 2.05) is 6.07 Å². The molecule has 1 unspecified atom stereocenters. The summed E-state index contributed by atoms with van der Waals surface area (Å²) in [6.07, 6.45) is 0.164. The SMILES string of the molecule is CN1C(=O)CC(NCC#N)C1=O. The van der Waals surface area contributed by atoms with Gasteiger partial charge in [0.25, 0.3) is 0 Å². The van der Waals surface area contributed by atoms with E-state index < -0.39 is 6.04 Å². The standard InChI is InChI=1S/C7H9N3O2/c1-10-6(11)4-5(7(10)12)9-3-2-8/h5,9H,3-4H2,1H3. The molecule has 64 valence electrons. The Kier molecular flexibility index (Phi) is 2.41. The molecular formula is C7H9N3O2. The van der Waals surface area contributed by atoms with E-state index in [1.165, 1.54) is 7.05 Å². The molecule has 1 heterocycles. The van der Waals surface area contributed by atoms with Crippen molar-refractivity contribution in [1.82, 2.24) is 10.2 Å². The summed E-state index contributed by atoms with van der Waals surface area (Å²) < 4.78 is 0. The third kappa shape index (κ3) is 1.43. The fraction of sp³-hybridized carbons (Fsp3) is 0.571. The quantitative estimate of drug-likeness (QED) is 0.416. The van der Waals surface area contributed by atoms with Crippen LogP contribution in [0, 0.1) is 11.3 Å². The Labute approximate surface area is 69.9 Å². The van der Waals surface area contributed by atoms with Gasteiger partial charge in [-0.25, -0.2) is 0 Å². The van der Waals surface area contributed by atoms with E-state index in [1.54, 1.807) is 0 Å². The zero-order valence-corrected chi connectivity index (χ0v) is 6.70. The van der Waals surface area contributed by atoms with E-state index in [9.17, 15) is 9.59 Å². The van der Waals surface area contributed by atoms with E-state index >= 15 is 0 Å². The van der Waals surface area contributed by atoms with Crippen LogP contribution in [0.5, 0.6) is 0 Å². The number of hydrogen-bond donors (Lipinski definition) is 1. The van der Waals surface area contributed by atoms with Gasteiger partial charge in [-0.15, -0.1) is 0 Å². The van der Waals surface area contributed by atoms with E-state index in [0.717, 1.165) is 4.90 Å². The molecule has 0 aliphatic carbocycles. The first-order chi connectivity index (χ1) is 5.66. The van der Waals surface area contributed by atoms with Crippen LogP contribution in [0.2, 0.25) is 0 Å². The maximum absolute atomic E-state index is 11.2. The van der Waals surface area contributed by atoms with Crippen molar-refractivity contribution in [2.24, 2.45) is 0 Å². The van der Waals surface area contributed by atoms with Crippen molar-refractivity contribution in [3.05, 3.63) is 0 Å². The highest BCUT2D eigenvalue weighted by molar-refractivity contribution is 6.05. The molecule has 5 nitrogen and oxygen atoms in total. The second-order valence-corrected chi connectivity index (χ2v) is 2.59. The lowest BCUT2D eigenvalue weighted by Gasteiger charge is -2.07. The minimum Gasteiger partial charge on any atom is -0.293 e. The fourth-order valence-corrected chi connectivity index (χ4v) is 1.08. The van der Waals surface area contributed by atoms with Gasteiger partial charge in [-0.2, -0.15) is 5.26 Å². The number of amides is 2. The number of nitrogens with zero attached hydrogens (tertiary/aromatic N) is 2. The maximum atomic E-state index is 11.2. The van der Waals surface area contributed by atoms with Crippen molar-refractivity contribution < 1.29 is 9.59 Å². The number of hydrogen-bond acceptors (Lipinski definition) is 4. The third-order valence-corrected chi connectivity index (χ3v) is 1.81. The molecule has 1 saturated heterocycles. The van der Waals surface area contributed by atoms with Gasteiger partial charge in [-0.3, -0.25) is 19.8 Å². The molecule has 1 aliphatic rings. The number of nitrogens with one attached hydrogen (secondary N) is 1. The number of carbonyl (C=O) groups excluding carboxylic acids is 2. The summed E-state index contributed by atoms with van der Waals surface area (Å²) >= 11 is 0. The zero-order chi connectivity index (χ0) is 9.14. The normalized spacial score (nSPS) is 23.0. The van der Waals surface area contributed by atoms with Crippen LogP contribution in [0.4, 0.5) is 0 Å². The minimum absolute atomic E-state index is 0.0948. The van der Waals surface area contributed by atoms with Crippen LogP contribution in [0.25, 0.3) is 0 Å². The molecular weight excluding hydrogens is 158 g/mol. The van der Waals surface area contributed by atoms with Crippen LogP contribution >= 0.6 is 0 Å². The van der Waals surface area contributed by atoms with E-state index in [2.05, 4.69) is 5.32 Å². The first kappa shape index (κ1) is 8.68. The van der Waals surface area contributed by atoms with Gasteiger partial charge >= 0.3 is 0 Å². The maximum Gasteiger partial charge on any atom is 0.246 e. The van der Waals surface area contributed by atoms with Crippen LogP contribution in [-0.4, -0.2) is 36.3 Å². The van der Waals surface area contributed by atoms with Gasteiger partial charge in [-0.1, -0.05) is 0 Å². The summed E-state index contributed by atoms with van der Waals surface area (Å²) in [6, 6.07) is 1.35. The summed E-state index contributed by atoms with van der Waals surface area (Å²) in [6.45, 7) is 0.0948. The van der Waals surface area contributed by atoms with Gasteiger partial charge in [0.15, 0.2) is 0 Å². The molecule has 1 fully saturated rings. The summed E-state index contributed by atoms with van der Waals surface area (Å²) in [5.74, 6) is -0.453. The van der Waals surface area contributed by atoms with Crippen molar-refractivity contribution in [3.63, 3.8) is 0 Å². The fourth-order valence-electron chi connectivity index (χ4n) is 1.08. The average Bonchev–Trinajstić information content (AvgIpc) is 2.30. The molecule has 0 aromatic carbocycles. The summed E-state index contributed by atoms with van der Waals surface area (Å²) in [7, 11) is 1.44. The molecule has 12 heavy (non-hydrogen) atoms. The van der Waals surface area contributed by atoms with Gasteiger partial charge in [0.05, 0.1) is 25.1 Å². The first-order valence-corrected chi connectivity index (χ1v) is 3.57. The smallest absolute Gasteiger partial charge is 0.246 e. The molecule has 1 aliphatic heterocycles. The predicted octanol–water partition coefficient (Wildman–Crippen LogP) is -1.14. The van der Waals surface area contributed by atoms with Gasteiger partial charge in [0.1, 0.15) is 0 Å². The minimum atomic E-state index is -0.498. The van der Waals surface area contributed by atoms with Crippen LogP contribution < -0.4 is 5.32 Å². The lowest BCUT2D eigenvalue weighted by Crippen LogP contribution is -2.37. The van der Waals surface area contributed by atoms with Crippen LogP contribution in [0.1, 0.15) is 6.42 Å². The Hall–Kier alpha value is -1.41. The number of likely N-dealkylation sites (tertiary alicyclic amines) is 1. The van der Waals surface area contributed by atoms with Crippen molar-refractivity contribution >= 4 is 11.8 Å². The second kappa shape index (κ2) is 3.32. The summed E-state index contributed by atoms with van der Waals surface area (Å²) in [5, 5.41) is 10.9. The van der Waals surface area contributed by atoms with Crippen LogP contribution in [0.15, 0.2) is 0 Å². The summed E-state index contributed by atoms with van der Waals surface area (Å²) in [5.41, 5.74) is 0. The van der Waals surface area contributed by atoms with Crippen molar-refractivity contribution in [3.8, 4) is 6.07 Å². The Morgan fingerprint density at radius 1 is 1.75 bits per heavy atom. The van der Waals surface area contributed by atoms with Gasteiger partial charge < -0.3 is 0 Å². The highest BCUT2D eigenvalue weighted by Gasteiger charge is 2.35. The molecule has 0 aromatic heterocycles. The number of likely N-dealkylation sites (N-methyl/N-ethyl adjacent to an activating group) is 1. The van der Waals surface area contributed by atoms with Crippen molar-refractivity contribution in [2.45, 2.75) is 12.5 Å². The average molecular weight is 167 g/mol. The Morgan fingerprint density at radius 2 is 2.42 bits per heavy atom. The molecule has 2 amide bonds. The van der Waals surface area contributed by atoms with Gasteiger partial charge in [0.2, 0.25) is 11.8 Å². The van der Waals surface area contributed by atoms with E-state index in [-0.39, 0.29) is 24.8 Å². The predicted molar refractivity (Wildman–Crippen MR) is 39.8 cm³/mol. The molecule has 0 bridgehead atoms. The van der Waals surface area contributed by atoms with Crippen LogP contribution in [-0.2, 0) is 9.59 Å². The first-order valence-electron chi connectivity index (χ1n) is 3.57. The molecule has 0 saturated carbocycles. The number of imide groups is 1. The molecule has 0 spiro atoms. The molecule has 1 N–H and O–H groups in total. The van der Waals surface area contributed by atoms with Crippen LogP contribution in [0.3, 0.4) is 0 Å². The lowest BCUT2D eigenvalue weighted by atomic mass is 10.2. The molecule has 0 radical (unpaired) electrons. The highest BCUT2D eigenvalue weighted by Crippen LogP contribution is 2.09. The highest BCUT2D eigenvalue weighted by atomic mass is 16.2. The zero-order valence-electron chi connectivity index (χ0n) is 6.70. The molecule has 1 atom stereocenters. The second-order valence-electron chi connectivity index (χ2n) is 2.59. The molecule has 0 aromatic rings. The Bertz CT molecular complexity index is 256. The van der Waals surface area contributed by atoms with Gasteiger partial charge in [-0.05, 0) is 0 Å². The monoisotopic (exact) mass is 167 g/mol. The lowest BCUT2D eigenvalue weighted by molar-refractivity contribution is -0.137. The number of rotatable bonds is 2. The van der Waals surface area contributed by atoms with E-state index in [0.29, 0.717) is 0 Å². The molecule has 1 rings (SSSR count). The Morgan fingerprint density at radius 3 is 2.83 bits per heavy atom. The third-order valence-electron chi connectivity index (χ3n) is 1.81. The van der Waals surface area contributed by atoms with Gasteiger partial charge in [0, 0.05) is 7.05 Å². The molecule has 5 heteroatoms. The number of nitriles is 1. The largest absolute Gasteiger partial charge is 0.293 e. The topological polar surface area (TPSA) is 73.2 Å². The Balaban J connectivity index is 2.54.